The van der Waals surface area contributed by atoms with Crippen molar-refractivity contribution >= 4 is 16.8 Å². The molecule has 2 fully saturated rings. The van der Waals surface area contributed by atoms with E-state index in [9.17, 15) is 4.79 Å². The lowest BCUT2D eigenvalue weighted by atomic mass is 10.1. The van der Waals surface area contributed by atoms with Crippen LogP contribution in [0.25, 0.3) is 10.9 Å². The number of pyridine rings is 1. The summed E-state index contributed by atoms with van der Waals surface area (Å²) in [5.41, 5.74) is 1.30. The predicted octanol–water partition coefficient (Wildman–Crippen LogP) is 3.43. The van der Waals surface area contributed by atoms with Crippen molar-refractivity contribution in [2.45, 2.75) is 44.3 Å². The molecule has 0 spiro atoms. The third kappa shape index (κ3) is 4.45. The number of ether oxygens (including phenoxy) is 3. The molecule has 0 radical (unpaired) electrons. The van der Waals surface area contributed by atoms with Crippen LogP contribution >= 0.6 is 0 Å². The molecule has 3 heterocycles. The first kappa shape index (κ1) is 19.2. The van der Waals surface area contributed by atoms with Crippen LogP contribution < -0.4 is 4.74 Å². The molecule has 0 aliphatic carbocycles. The van der Waals surface area contributed by atoms with Crippen LogP contribution in [-0.2, 0) is 9.47 Å². The Morgan fingerprint density at radius 2 is 2.04 bits per heavy atom. The Morgan fingerprint density at radius 1 is 1.18 bits per heavy atom. The number of likely N-dealkylation sites (tertiary alicyclic amines) is 1. The first-order chi connectivity index (χ1) is 13.7. The standard InChI is InChI=1S/C22H28N2O4/c1-26-18-6-8-20-16(14-18)5-7-21(23-20)22(25)24-11-9-17(10-12-24)28-15-19-4-2-3-13-27-19/h5-8,14,17,19H,2-4,9-13,15H2,1H3. The van der Waals surface area contributed by atoms with Crippen molar-refractivity contribution in [3.8, 4) is 5.75 Å². The number of aromatic nitrogens is 1. The van der Waals surface area contributed by atoms with Crippen molar-refractivity contribution in [2.75, 3.05) is 33.4 Å². The fourth-order valence-electron chi connectivity index (χ4n) is 3.92. The average Bonchev–Trinajstić information content (AvgIpc) is 2.77. The highest BCUT2D eigenvalue weighted by atomic mass is 16.5. The van der Waals surface area contributed by atoms with Gasteiger partial charge in [-0.3, -0.25) is 4.79 Å². The zero-order chi connectivity index (χ0) is 19.3. The van der Waals surface area contributed by atoms with E-state index in [4.69, 9.17) is 14.2 Å². The van der Waals surface area contributed by atoms with Gasteiger partial charge in [-0.25, -0.2) is 4.98 Å². The number of carbonyl (C=O) groups excluding carboxylic acids is 1. The maximum atomic E-state index is 12.9. The second-order valence-corrected chi connectivity index (χ2v) is 7.57. The zero-order valence-electron chi connectivity index (χ0n) is 16.4. The van der Waals surface area contributed by atoms with Crippen molar-refractivity contribution < 1.29 is 19.0 Å². The van der Waals surface area contributed by atoms with Gasteiger partial charge in [0.2, 0.25) is 0 Å². The number of carbonyl (C=O) groups is 1. The fraction of sp³-hybridized carbons (Fsp3) is 0.545. The van der Waals surface area contributed by atoms with E-state index < -0.39 is 0 Å². The van der Waals surface area contributed by atoms with Crippen molar-refractivity contribution in [3.63, 3.8) is 0 Å². The number of hydrogen-bond donors (Lipinski definition) is 0. The van der Waals surface area contributed by atoms with Crippen molar-refractivity contribution in [2.24, 2.45) is 0 Å². The Bertz CT molecular complexity index is 811. The molecule has 2 aromatic rings. The van der Waals surface area contributed by atoms with Gasteiger partial charge in [-0.05, 0) is 56.4 Å². The molecule has 1 atom stereocenters. The molecule has 1 unspecified atom stereocenters. The monoisotopic (exact) mass is 384 g/mol. The normalized spacial score (nSPS) is 21.0. The van der Waals surface area contributed by atoms with Gasteiger partial charge in [-0.1, -0.05) is 6.07 Å². The van der Waals surface area contributed by atoms with Crippen LogP contribution in [0.15, 0.2) is 30.3 Å². The minimum Gasteiger partial charge on any atom is -0.497 e. The topological polar surface area (TPSA) is 60.9 Å². The number of hydrogen-bond acceptors (Lipinski definition) is 5. The summed E-state index contributed by atoms with van der Waals surface area (Å²) in [6.07, 6.45) is 5.67. The van der Waals surface area contributed by atoms with Gasteiger partial charge in [0.05, 0.1) is 31.4 Å². The van der Waals surface area contributed by atoms with Gasteiger partial charge >= 0.3 is 0 Å². The van der Waals surface area contributed by atoms with E-state index in [0.717, 1.165) is 48.9 Å². The molecule has 150 valence electrons. The molecule has 2 aliphatic rings. The summed E-state index contributed by atoms with van der Waals surface area (Å²) in [6, 6.07) is 9.40. The van der Waals surface area contributed by atoms with Crippen LogP contribution in [0.2, 0.25) is 0 Å². The largest absolute Gasteiger partial charge is 0.497 e. The van der Waals surface area contributed by atoms with E-state index in [1.807, 2.05) is 29.2 Å². The highest BCUT2D eigenvalue weighted by Crippen LogP contribution is 2.22. The number of methoxy groups -OCH3 is 1. The molecule has 6 nitrogen and oxygen atoms in total. The number of benzene rings is 1. The minimum absolute atomic E-state index is 0.00761. The maximum Gasteiger partial charge on any atom is 0.272 e. The highest BCUT2D eigenvalue weighted by Gasteiger charge is 2.26. The summed E-state index contributed by atoms with van der Waals surface area (Å²) >= 11 is 0. The lowest BCUT2D eigenvalue weighted by Crippen LogP contribution is -2.42. The number of nitrogens with zero attached hydrogens (tertiary/aromatic N) is 2. The molecule has 6 heteroatoms. The summed E-state index contributed by atoms with van der Waals surface area (Å²) in [6.45, 7) is 2.94. The Kier molecular flexibility index (Phi) is 6.07. The van der Waals surface area contributed by atoms with E-state index in [1.165, 1.54) is 6.42 Å². The van der Waals surface area contributed by atoms with Crippen LogP contribution in [-0.4, -0.2) is 61.4 Å². The van der Waals surface area contributed by atoms with Crippen LogP contribution in [0, 0.1) is 0 Å². The summed E-state index contributed by atoms with van der Waals surface area (Å²) in [5, 5.41) is 0.966. The van der Waals surface area contributed by atoms with Gasteiger partial charge in [-0.15, -0.1) is 0 Å². The van der Waals surface area contributed by atoms with Crippen LogP contribution in [0.5, 0.6) is 5.75 Å². The average molecular weight is 384 g/mol. The molecular formula is C22H28N2O4. The molecule has 4 rings (SSSR count). The molecule has 0 N–H and O–H groups in total. The first-order valence-corrected chi connectivity index (χ1v) is 10.2. The first-order valence-electron chi connectivity index (χ1n) is 10.2. The Hall–Kier alpha value is -2.18. The van der Waals surface area contributed by atoms with Crippen molar-refractivity contribution in [1.82, 2.24) is 9.88 Å². The highest BCUT2D eigenvalue weighted by molar-refractivity contribution is 5.95. The summed E-state index contributed by atoms with van der Waals surface area (Å²) in [5.74, 6) is 0.779. The summed E-state index contributed by atoms with van der Waals surface area (Å²) in [7, 11) is 1.64. The Labute approximate surface area is 165 Å². The van der Waals surface area contributed by atoms with Crippen LogP contribution in [0.3, 0.4) is 0 Å². The predicted molar refractivity (Wildman–Crippen MR) is 107 cm³/mol. The lowest BCUT2D eigenvalue weighted by Gasteiger charge is -2.33. The van der Waals surface area contributed by atoms with Gasteiger partial charge in [0, 0.05) is 25.1 Å². The summed E-state index contributed by atoms with van der Waals surface area (Å²) in [4.78, 5) is 19.3. The second kappa shape index (κ2) is 8.88. The van der Waals surface area contributed by atoms with Gasteiger partial charge in [0.1, 0.15) is 11.4 Å². The van der Waals surface area contributed by atoms with Crippen LogP contribution in [0.1, 0.15) is 42.6 Å². The number of amides is 1. The lowest BCUT2D eigenvalue weighted by molar-refractivity contribution is -0.0733. The van der Waals surface area contributed by atoms with Gasteiger partial charge < -0.3 is 19.1 Å². The molecule has 1 amide bonds. The molecule has 0 saturated carbocycles. The van der Waals surface area contributed by atoms with E-state index in [-0.39, 0.29) is 18.1 Å². The van der Waals surface area contributed by atoms with E-state index >= 15 is 0 Å². The van der Waals surface area contributed by atoms with E-state index in [1.54, 1.807) is 13.2 Å². The van der Waals surface area contributed by atoms with Gasteiger partial charge in [0.15, 0.2) is 0 Å². The van der Waals surface area contributed by atoms with E-state index in [2.05, 4.69) is 4.98 Å². The maximum absolute atomic E-state index is 12.9. The number of fused-ring (bicyclic) bond motifs is 1. The van der Waals surface area contributed by atoms with Crippen molar-refractivity contribution in [1.29, 1.82) is 0 Å². The molecule has 28 heavy (non-hydrogen) atoms. The minimum atomic E-state index is -0.00761. The molecular weight excluding hydrogens is 356 g/mol. The zero-order valence-corrected chi connectivity index (χ0v) is 16.4. The summed E-state index contributed by atoms with van der Waals surface area (Å²) < 4.78 is 17.0. The Morgan fingerprint density at radius 3 is 2.79 bits per heavy atom. The second-order valence-electron chi connectivity index (χ2n) is 7.57. The third-order valence-corrected chi connectivity index (χ3v) is 5.64. The quantitative estimate of drug-likeness (QED) is 0.790. The molecule has 0 bridgehead atoms. The molecule has 1 aromatic heterocycles. The molecule has 2 aliphatic heterocycles. The van der Waals surface area contributed by atoms with Crippen LogP contribution in [0.4, 0.5) is 0 Å². The molecule has 1 aromatic carbocycles. The Balaban J connectivity index is 1.31. The number of rotatable bonds is 5. The third-order valence-electron chi connectivity index (χ3n) is 5.64. The number of piperidine rings is 1. The smallest absolute Gasteiger partial charge is 0.272 e. The van der Waals surface area contributed by atoms with Gasteiger partial charge in [0.25, 0.3) is 5.91 Å². The molecule has 2 saturated heterocycles. The fourth-order valence-corrected chi connectivity index (χ4v) is 3.92. The van der Waals surface area contributed by atoms with Crippen molar-refractivity contribution in [3.05, 3.63) is 36.0 Å². The van der Waals surface area contributed by atoms with Gasteiger partial charge in [-0.2, -0.15) is 0 Å². The SMILES string of the molecule is COc1ccc2nc(C(=O)N3CCC(OCC4CCCCO4)CC3)ccc2c1. The van der Waals surface area contributed by atoms with E-state index in [0.29, 0.717) is 25.4 Å².